The van der Waals surface area contributed by atoms with Crippen molar-refractivity contribution in [3.63, 3.8) is 0 Å². The number of carbonyl (C=O) groups excluding carboxylic acids is 1. The maximum absolute atomic E-state index is 13.1. The Morgan fingerprint density at radius 2 is 1.93 bits per heavy atom. The molecule has 7 heteroatoms. The van der Waals surface area contributed by atoms with Crippen molar-refractivity contribution in [1.82, 2.24) is 19.6 Å². The number of aromatic nitrogens is 2. The molecule has 2 aromatic heterocycles. The van der Waals surface area contributed by atoms with Gasteiger partial charge in [-0.25, -0.2) is 9.37 Å². The van der Waals surface area contributed by atoms with Crippen molar-refractivity contribution in [2.24, 2.45) is 0 Å². The number of fused-ring (bicyclic) bond motifs is 1. The molecule has 3 rings (SSSR count). The molecule has 0 saturated heterocycles. The Morgan fingerprint density at radius 1 is 1.21 bits per heavy atom. The van der Waals surface area contributed by atoms with Crippen molar-refractivity contribution >= 4 is 22.2 Å². The minimum absolute atomic E-state index is 0.0424. The maximum Gasteiger partial charge on any atom is 0.263 e. The Hall–Kier alpha value is -2.25. The first-order valence-corrected chi connectivity index (χ1v) is 10.6. The molecule has 0 unspecified atom stereocenters. The molecule has 150 valence electrons. The van der Waals surface area contributed by atoms with Crippen LogP contribution in [0.5, 0.6) is 0 Å². The summed E-state index contributed by atoms with van der Waals surface area (Å²) in [5, 5.41) is 3.02. The molecule has 1 aromatic carbocycles. The van der Waals surface area contributed by atoms with E-state index in [9.17, 15) is 9.18 Å². The monoisotopic (exact) mass is 402 g/mol. The average molecular weight is 403 g/mol. The molecular weight excluding hydrogens is 375 g/mol. The number of nitrogens with one attached hydrogen (secondary N) is 1. The number of benzene rings is 1. The SMILES string of the molecule is CCN(CC)CCCCNC(=O)c1sc2nc(-c3ccc(F)cc3)cn2c1C. The fraction of sp³-hybridized carbons (Fsp3) is 0.429. The first-order valence-electron chi connectivity index (χ1n) is 9.78. The molecule has 1 N–H and O–H groups in total. The van der Waals surface area contributed by atoms with Gasteiger partial charge in [-0.05, 0) is 63.7 Å². The molecular formula is C21H27FN4OS. The third kappa shape index (κ3) is 4.59. The fourth-order valence-corrected chi connectivity index (χ4v) is 4.23. The predicted octanol–water partition coefficient (Wildman–Crippen LogP) is 4.36. The van der Waals surface area contributed by atoms with Crippen LogP contribution in [-0.4, -0.2) is 46.4 Å². The van der Waals surface area contributed by atoms with Gasteiger partial charge in [-0.1, -0.05) is 25.2 Å². The van der Waals surface area contributed by atoms with Crippen LogP contribution in [0.15, 0.2) is 30.5 Å². The number of rotatable bonds is 9. The van der Waals surface area contributed by atoms with Crippen molar-refractivity contribution in [3.05, 3.63) is 46.9 Å². The van der Waals surface area contributed by atoms with Crippen LogP contribution in [0.3, 0.4) is 0 Å². The van der Waals surface area contributed by atoms with E-state index in [1.165, 1.54) is 23.5 Å². The molecule has 0 atom stereocenters. The molecule has 0 saturated carbocycles. The molecule has 3 aromatic rings. The lowest BCUT2D eigenvalue weighted by molar-refractivity contribution is 0.0955. The van der Waals surface area contributed by atoms with E-state index in [0.717, 1.165) is 54.4 Å². The first kappa shape index (κ1) is 20.5. The molecule has 5 nitrogen and oxygen atoms in total. The van der Waals surface area contributed by atoms with Crippen LogP contribution >= 0.6 is 11.3 Å². The topological polar surface area (TPSA) is 49.6 Å². The molecule has 0 spiro atoms. The van der Waals surface area contributed by atoms with Gasteiger partial charge in [-0.2, -0.15) is 0 Å². The number of nitrogens with zero attached hydrogens (tertiary/aromatic N) is 3. The van der Waals surface area contributed by atoms with Crippen molar-refractivity contribution in [1.29, 1.82) is 0 Å². The number of imidazole rings is 1. The van der Waals surface area contributed by atoms with E-state index in [1.807, 2.05) is 17.5 Å². The van der Waals surface area contributed by atoms with Gasteiger partial charge in [-0.15, -0.1) is 0 Å². The first-order chi connectivity index (χ1) is 13.5. The van der Waals surface area contributed by atoms with E-state index in [1.54, 1.807) is 12.1 Å². The van der Waals surface area contributed by atoms with Gasteiger partial charge >= 0.3 is 0 Å². The highest BCUT2D eigenvalue weighted by molar-refractivity contribution is 7.19. The van der Waals surface area contributed by atoms with E-state index in [0.29, 0.717) is 11.4 Å². The van der Waals surface area contributed by atoms with Crippen LogP contribution in [0, 0.1) is 12.7 Å². The summed E-state index contributed by atoms with van der Waals surface area (Å²) >= 11 is 1.38. The Kier molecular flexibility index (Phi) is 6.80. The zero-order chi connectivity index (χ0) is 20.1. The molecule has 0 bridgehead atoms. The van der Waals surface area contributed by atoms with E-state index in [-0.39, 0.29) is 11.7 Å². The lowest BCUT2D eigenvalue weighted by atomic mass is 10.2. The van der Waals surface area contributed by atoms with Gasteiger partial charge < -0.3 is 10.2 Å². The third-order valence-corrected chi connectivity index (χ3v) is 6.14. The number of halogens is 1. The summed E-state index contributed by atoms with van der Waals surface area (Å²) < 4.78 is 15.0. The molecule has 2 heterocycles. The number of hydrogen-bond acceptors (Lipinski definition) is 4. The van der Waals surface area contributed by atoms with Gasteiger partial charge in [0.2, 0.25) is 0 Å². The second-order valence-corrected chi connectivity index (χ2v) is 7.77. The number of unbranched alkanes of at least 4 members (excludes halogenated alkanes) is 1. The fourth-order valence-electron chi connectivity index (χ4n) is 3.20. The molecule has 28 heavy (non-hydrogen) atoms. The predicted molar refractivity (Wildman–Crippen MR) is 113 cm³/mol. The van der Waals surface area contributed by atoms with Crippen LogP contribution in [-0.2, 0) is 0 Å². The molecule has 1 amide bonds. The van der Waals surface area contributed by atoms with Crippen LogP contribution in [0.1, 0.15) is 42.1 Å². The van der Waals surface area contributed by atoms with Gasteiger partial charge in [0.1, 0.15) is 10.7 Å². The molecule has 0 aliphatic carbocycles. The van der Waals surface area contributed by atoms with Crippen molar-refractivity contribution in [2.75, 3.05) is 26.2 Å². The Balaban J connectivity index is 1.60. The molecule has 0 radical (unpaired) electrons. The summed E-state index contributed by atoms with van der Waals surface area (Å²) in [5.74, 6) is -0.309. The summed E-state index contributed by atoms with van der Waals surface area (Å²) in [6.45, 7) is 10.1. The highest BCUT2D eigenvalue weighted by atomic mass is 32.1. The van der Waals surface area contributed by atoms with Gasteiger partial charge in [0.25, 0.3) is 5.91 Å². The van der Waals surface area contributed by atoms with Crippen molar-refractivity contribution < 1.29 is 9.18 Å². The van der Waals surface area contributed by atoms with Crippen LogP contribution in [0.25, 0.3) is 16.2 Å². The quantitative estimate of drug-likeness (QED) is 0.541. The van der Waals surface area contributed by atoms with E-state index in [2.05, 4.69) is 29.0 Å². The lowest BCUT2D eigenvalue weighted by Gasteiger charge is -2.17. The zero-order valence-corrected chi connectivity index (χ0v) is 17.5. The standard InChI is InChI=1S/C21H27FN4OS/c1-4-25(5-2)13-7-6-12-23-20(27)19-15(3)26-14-18(24-21(26)28-19)16-8-10-17(22)11-9-16/h8-11,14H,4-7,12-13H2,1-3H3,(H,23,27). The summed E-state index contributed by atoms with van der Waals surface area (Å²) in [5.41, 5.74) is 2.51. The summed E-state index contributed by atoms with van der Waals surface area (Å²) in [7, 11) is 0. The summed E-state index contributed by atoms with van der Waals surface area (Å²) in [6.07, 6.45) is 3.95. The van der Waals surface area contributed by atoms with Crippen LogP contribution in [0.4, 0.5) is 4.39 Å². The highest BCUT2D eigenvalue weighted by Gasteiger charge is 2.17. The minimum Gasteiger partial charge on any atom is -0.351 e. The normalized spacial score (nSPS) is 11.5. The van der Waals surface area contributed by atoms with Crippen molar-refractivity contribution in [3.8, 4) is 11.3 Å². The number of carbonyl (C=O) groups is 1. The van der Waals surface area contributed by atoms with Gasteiger partial charge in [0.15, 0.2) is 4.96 Å². The largest absolute Gasteiger partial charge is 0.351 e. The van der Waals surface area contributed by atoms with Gasteiger partial charge in [0, 0.05) is 24.0 Å². The van der Waals surface area contributed by atoms with Crippen LogP contribution in [0.2, 0.25) is 0 Å². The smallest absolute Gasteiger partial charge is 0.263 e. The number of aryl methyl sites for hydroxylation is 1. The molecule has 0 fully saturated rings. The maximum atomic E-state index is 13.1. The Morgan fingerprint density at radius 3 is 2.57 bits per heavy atom. The highest BCUT2D eigenvalue weighted by Crippen LogP contribution is 2.27. The second kappa shape index (κ2) is 9.30. The lowest BCUT2D eigenvalue weighted by Crippen LogP contribution is -2.27. The molecule has 0 aliphatic rings. The van der Waals surface area contributed by atoms with Gasteiger partial charge in [0.05, 0.1) is 5.69 Å². The van der Waals surface area contributed by atoms with Gasteiger partial charge in [-0.3, -0.25) is 9.20 Å². The van der Waals surface area contributed by atoms with Crippen molar-refractivity contribution in [2.45, 2.75) is 33.6 Å². The molecule has 0 aliphatic heterocycles. The summed E-state index contributed by atoms with van der Waals surface area (Å²) in [6, 6.07) is 6.27. The number of amides is 1. The Labute approximate surface area is 169 Å². The number of thiazole rings is 1. The van der Waals surface area contributed by atoms with E-state index in [4.69, 9.17) is 0 Å². The van der Waals surface area contributed by atoms with Crippen LogP contribution < -0.4 is 5.32 Å². The van der Waals surface area contributed by atoms with E-state index < -0.39 is 0 Å². The summed E-state index contributed by atoms with van der Waals surface area (Å²) in [4.78, 5) is 21.0. The second-order valence-electron chi connectivity index (χ2n) is 6.79. The average Bonchev–Trinajstić information content (AvgIpc) is 3.25. The Bertz CT molecular complexity index is 928. The minimum atomic E-state index is -0.267. The zero-order valence-electron chi connectivity index (χ0n) is 16.7. The van der Waals surface area contributed by atoms with E-state index >= 15 is 0 Å². The number of hydrogen-bond donors (Lipinski definition) is 1. The third-order valence-electron chi connectivity index (χ3n) is 4.98.